The molecule has 1 aliphatic heterocycles. The fraction of sp³-hybridized carbons (Fsp3) is 0.562. The first-order valence-electron chi connectivity index (χ1n) is 7.60. The Morgan fingerprint density at radius 2 is 2.18 bits per heavy atom. The minimum absolute atomic E-state index is 0.0205. The molecule has 0 aromatic heterocycles. The van der Waals surface area contributed by atoms with Crippen molar-refractivity contribution < 1.29 is 14.6 Å². The highest BCUT2D eigenvalue weighted by atomic mass is 35.5. The number of piperidine rings is 1. The summed E-state index contributed by atoms with van der Waals surface area (Å²) in [6.07, 6.45) is 4.01. The average molecular weight is 346 g/mol. The molecule has 1 aromatic carbocycles. The SMILES string of the molecule is O=C(CCCOc1ccc(Cl)cc1Cl)N1CCCCC1CO. The number of nitrogens with zero attached hydrogens (tertiary/aromatic N) is 1. The van der Waals surface area contributed by atoms with Crippen molar-refractivity contribution in [3.05, 3.63) is 28.2 Å². The Balaban J connectivity index is 1.74. The minimum Gasteiger partial charge on any atom is -0.492 e. The Hall–Kier alpha value is -0.970. The Bertz CT molecular complexity index is 510. The number of ether oxygens (including phenoxy) is 1. The monoisotopic (exact) mass is 345 g/mol. The third-order valence-corrected chi connectivity index (χ3v) is 4.38. The summed E-state index contributed by atoms with van der Waals surface area (Å²) in [6.45, 7) is 1.21. The number of hydrogen-bond acceptors (Lipinski definition) is 3. The molecule has 1 saturated heterocycles. The number of rotatable bonds is 6. The van der Waals surface area contributed by atoms with E-state index in [2.05, 4.69) is 0 Å². The van der Waals surface area contributed by atoms with Crippen molar-refractivity contribution in [2.45, 2.75) is 38.1 Å². The fourth-order valence-electron chi connectivity index (χ4n) is 2.66. The lowest BCUT2D eigenvalue weighted by molar-refractivity contribution is -0.136. The van der Waals surface area contributed by atoms with Crippen LogP contribution in [0.4, 0.5) is 0 Å². The van der Waals surface area contributed by atoms with Gasteiger partial charge in [-0.2, -0.15) is 0 Å². The normalized spacial score (nSPS) is 18.3. The van der Waals surface area contributed by atoms with E-state index in [1.807, 2.05) is 0 Å². The fourth-order valence-corrected chi connectivity index (χ4v) is 3.12. The first-order valence-corrected chi connectivity index (χ1v) is 8.35. The highest BCUT2D eigenvalue weighted by molar-refractivity contribution is 6.35. The van der Waals surface area contributed by atoms with Crippen molar-refractivity contribution in [2.24, 2.45) is 0 Å². The number of aliphatic hydroxyl groups is 1. The molecule has 22 heavy (non-hydrogen) atoms. The van der Waals surface area contributed by atoms with Crippen LogP contribution in [0.3, 0.4) is 0 Å². The molecule has 0 bridgehead atoms. The number of carbonyl (C=O) groups excluding carboxylic acids is 1. The number of benzene rings is 1. The number of halogens is 2. The molecule has 1 fully saturated rings. The van der Waals surface area contributed by atoms with E-state index in [9.17, 15) is 9.90 Å². The third-order valence-electron chi connectivity index (χ3n) is 3.84. The van der Waals surface area contributed by atoms with Crippen molar-refractivity contribution >= 4 is 29.1 Å². The number of aliphatic hydroxyl groups excluding tert-OH is 1. The Morgan fingerprint density at radius 1 is 1.36 bits per heavy atom. The van der Waals surface area contributed by atoms with Crippen LogP contribution in [0.25, 0.3) is 0 Å². The van der Waals surface area contributed by atoms with Crippen LogP contribution in [0.1, 0.15) is 32.1 Å². The van der Waals surface area contributed by atoms with E-state index >= 15 is 0 Å². The highest BCUT2D eigenvalue weighted by Crippen LogP contribution is 2.27. The quantitative estimate of drug-likeness (QED) is 0.802. The van der Waals surface area contributed by atoms with Crippen LogP contribution in [-0.4, -0.2) is 41.7 Å². The van der Waals surface area contributed by atoms with Gasteiger partial charge in [0.05, 0.1) is 24.3 Å². The zero-order chi connectivity index (χ0) is 15.9. The number of likely N-dealkylation sites (tertiary alicyclic amines) is 1. The second-order valence-corrected chi connectivity index (χ2v) is 6.29. The van der Waals surface area contributed by atoms with Crippen LogP contribution in [0, 0.1) is 0 Å². The van der Waals surface area contributed by atoms with Gasteiger partial charge >= 0.3 is 0 Å². The summed E-state index contributed by atoms with van der Waals surface area (Å²) < 4.78 is 5.57. The topological polar surface area (TPSA) is 49.8 Å². The zero-order valence-electron chi connectivity index (χ0n) is 12.4. The molecule has 1 unspecified atom stereocenters. The summed E-state index contributed by atoms with van der Waals surface area (Å²) in [6, 6.07) is 5.04. The molecular formula is C16H21Cl2NO3. The van der Waals surface area contributed by atoms with Crippen LogP contribution in [0.2, 0.25) is 10.0 Å². The first kappa shape index (κ1) is 17.4. The molecule has 0 radical (unpaired) electrons. The van der Waals surface area contributed by atoms with Gasteiger partial charge in [0.1, 0.15) is 5.75 Å². The molecular weight excluding hydrogens is 325 g/mol. The molecule has 1 heterocycles. The van der Waals surface area contributed by atoms with Crippen molar-refractivity contribution in [1.82, 2.24) is 4.90 Å². The van der Waals surface area contributed by atoms with E-state index < -0.39 is 0 Å². The molecule has 0 spiro atoms. The maximum Gasteiger partial charge on any atom is 0.223 e. The van der Waals surface area contributed by atoms with Crippen LogP contribution < -0.4 is 4.74 Å². The summed E-state index contributed by atoms with van der Waals surface area (Å²) in [5, 5.41) is 10.4. The lowest BCUT2D eigenvalue weighted by Crippen LogP contribution is -2.45. The van der Waals surface area contributed by atoms with Gasteiger partial charge in [-0.05, 0) is 43.9 Å². The van der Waals surface area contributed by atoms with Gasteiger partial charge in [0, 0.05) is 18.0 Å². The van der Waals surface area contributed by atoms with Crippen LogP contribution in [0.15, 0.2) is 18.2 Å². The maximum absolute atomic E-state index is 12.2. The number of amides is 1. The van der Waals surface area contributed by atoms with Gasteiger partial charge < -0.3 is 14.7 Å². The van der Waals surface area contributed by atoms with E-state index in [-0.39, 0.29) is 18.6 Å². The third kappa shape index (κ3) is 4.77. The van der Waals surface area contributed by atoms with Gasteiger partial charge in [-0.25, -0.2) is 0 Å². The predicted molar refractivity (Wildman–Crippen MR) is 87.6 cm³/mol. The molecule has 4 nitrogen and oxygen atoms in total. The molecule has 6 heteroatoms. The first-order chi connectivity index (χ1) is 10.6. The van der Waals surface area contributed by atoms with Gasteiger partial charge in [-0.1, -0.05) is 23.2 Å². The molecule has 1 amide bonds. The van der Waals surface area contributed by atoms with Gasteiger partial charge in [0.15, 0.2) is 0 Å². The molecule has 1 aliphatic rings. The Morgan fingerprint density at radius 3 is 2.91 bits per heavy atom. The molecule has 1 aromatic rings. The van der Waals surface area contributed by atoms with E-state index in [4.69, 9.17) is 27.9 Å². The van der Waals surface area contributed by atoms with E-state index in [1.165, 1.54) is 0 Å². The Kier molecular flexibility index (Phi) is 6.80. The standard InChI is InChI=1S/C16H21Cl2NO3/c17-12-6-7-15(14(18)10-12)22-9-3-5-16(21)19-8-2-1-4-13(19)11-20/h6-7,10,13,20H,1-5,8-9,11H2. The average Bonchev–Trinajstić information content (AvgIpc) is 2.53. The summed E-state index contributed by atoms with van der Waals surface area (Å²) in [5.41, 5.74) is 0. The smallest absolute Gasteiger partial charge is 0.223 e. The highest BCUT2D eigenvalue weighted by Gasteiger charge is 2.25. The summed E-state index contributed by atoms with van der Waals surface area (Å²) in [7, 11) is 0. The van der Waals surface area contributed by atoms with Crippen molar-refractivity contribution in [2.75, 3.05) is 19.8 Å². The van der Waals surface area contributed by atoms with Crippen LogP contribution in [0.5, 0.6) is 5.75 Å². The number of hydrogen-bond donors (Lipinski definition) is 1. The molecule has 1 N–H and O–H groups in total. The van der Waals surface area contributed by atoms with E-state index in [0.717, 1.165) is 25.8 Å². The van der Waals surface area contributed by atoms with Crippen molar-refractivity contribution in [3.8, 4) is 5.75 Å². The van der Waals surface area contributed by atoms with Crippen LogP contribution >= 0.6 is 23.2 Å². The molecule has 2 rings (SSSR count). The predicted octanol–water partition coefficient (Wildman–Crippen LogP) is 3.53. The lowest BCUT2D eigenvalue weighted by atomic mass is 10.0. The molecule has 1 atom stereocenters. The van der Waals surface area contributed by atoms with E-state index in [0.29, 0.717) is 35.2 Å². The van der Waals surface area contributed by atoms with Gasteiger partial charge in [-0.3, -0.25) is 4.79 Å². The van der Waals surface area contributed by atoms with E-state index in [1.54, 1.807) is 23.1 Å². The number of carbonyl (C=O) groups is 1. The summed E-state index contributed by atoms with van der Waals surface area (Å²) in [4.78, 5) is 14.0. The maximum atomic E-state index is 12.2. The molecule has 0 saturated carbocycles. The zero-order valence-corrected chi connectivity index (χ0v) is 13.9. The van der Waals surface area contributed by atoms with Gasteiger partial charge in [0.2, 0.25) is 5.91 Å². The molecule has 122 valence electrons. The van der Waals surface area contributed by atoms with Gasteiger partial charge in [-0.15, -0.1) is 0 Å². The summed E-state index contributed by atoms with van der Waals surface area (Å²) >= 11 is 11.8. The summed E-state index contributed by atoms with van der Waals surface area (Å²) in [5.74, 6) is 0.661. The van der Waals surface area contributed by atoms with Crippen molar-refractivity contribution in [3.63, 3.8) is 0 Å². The second kappa shape index (κ2) is 8.61. The Labute approximate surface area is 141 Å². The van der Waals surface area contributed by atoms with Gasteiger partial charge in [0.25, 0.3) is 0 Å². The largest absolute Gasteiger partial charge is 0.492 e. The second-order valence-electron chi connectivity index (χ2n) is 5.45. The molecule has 0 aliphatic carbocycles. The van der Waals surface area contributed by atoms with Crippen molar-refractivity contribution in [1.29, 1.82) is 0 Å². The van der Waals surface area contributed by atoms with Crippen LogP contribution in [-0.2, 0) is 4.79 Å². The lowest BCUT2D eigenvalue weighted by Gasteiger charge is -2.34. The minimum atomic E-state index is -0.0205.